The molecule has 0 radical (unpaired) electrons. The van der Waals surface area contributed by atoms with Gasteiger partial charge in [-0.05, 0) is 35.4 Å². The summed E-state index contributed by atoms with van der Waals surface area (Å²) in [6.45, 7) is 0. The minimum absolute atomic E-state index is 0.144. The van der Waals surface area contributed by atoms with Crippen LogP contribution < -0.4 is 0 Å². The first-order valence-electron chi connectivity index (χ1n) is 10.3. The SMILES string of the molecule is C(=C(c1ccccc1)c1ccccc1)[S+](c1ccccc1)c1ccccc1.O=S(=O)([O-])C(F)(F)F. The van der Waals surface area contributed by atoms with Crippen molar-refractivity contribution in [1.29, 1.82) is 0 Å². The molecule has 180 valence electrons. The van der Waals surface area contributed by atoms with E-state index in [4.69, 9.17) is 13.0 Å². The molecule has 35 heavy (non-hydrogen) atoms. The van der Waals surface area contributed by atoms with Crippen LogP contribution in [0.15, 0.2) is 137 Å². The van der Waals surface area contributed by atoms with Crippen LogP contribution in [0, 0.1) is 0 Å². The molecule has 3 nitrogen and oxygen atoms in total. The maximum atomic E-state index is 10.7. The lowest BCUT2D eigenvalue weighted by atomic mass is 10.00. The second-order valence-corrected chi connectivity index (χ2v) is 10.4. The average molecular weight is 515 g/mol. The standard InChI is InChI=1S/C26H21S.CHF3O3S/c1-5-13-22(14-6-1)26(23-15-7-2-8-16-23)21-27(24-17-9-3-10-18-24)25-19-11-4-12-20-25;2-1(3,4)8(5,6)7/h1-21H;(H,5,6,7)/q+1;/p-1. The van der Waals surface area contributed by atoms with Crippen LogP contribution in [0.3, 0.4) is 0 Å². The lowest BCUT2D eigenvalue weighted by Gasteiger charge is -2.10. The Kier molecular flexibility index (Phi) is 8.92. The van der Waals surface area contributed by atoms with Crippen LogP contribution in [0.1, 0.15) is 11.1 Å². The van der Waals surface area contributed by atoms with E-state index in [9.17, 15) is 13.2 Å². The minimum atomic E-state index is -6.09. The molecule has 0 heterocycles. The van der Waals surface area contributed by atoms with Gasteiger partial charge in [0.15, 0.2) is 19.9 Å². The van der Waals surface area contributed by atoms with Crippen molar-refractivity contribution in [2.24, 2.45) is 0 Å². The molecule has 0 N–H and O–H groups in total. The predicted octanol–water partition coefficient (Wildman–Crippen LogP) is 6.86. The lowest BCUT2D eigenvalue weighted by Crippen LogP contribution is -2.21. The summed E-state index contributed by atoms with van der Waals surface area (Å²) in [5.74, 6) is 0. The molecular formula is C27H21F3O3S2. The fourth-order valence-electron chi connectivity index (χ4n) is 3.06. The van der Waals surface area contributed by atoms with Crippen molar-refractivity contribution >= 4 is 26.6 Å². The van der Waals surface area contributed by atoms with Gasteiger partial charge in [0.2, 0.25) is 0 Å². The van der Waals surface area contributed by atoms with Crippen LogP contribution in [-0.4, -0.2) is 18.5 Å². The highest BCUT2D eigenvalue weighted by atomic mass is 32.2. The van der Waals surface area contributed by atoms with E-state index in [2.05, 4.69) is 127 Å². The minimum Gasteiger partial charge on any atom is -0.741 e. The molecule has 0 aliphatic rings. The first kappa shape index (κ1) is 26.3. The van der Waals surface area contributed by atoms with Crippen LogP contribution in [0.25, 0.3) is 5.57 Å². The first-order chi connectivity index (χ1) is 16.7. The Bertz CT molecular complexity index is 1250. The van der Waals surface area contributed by atoms with Crippen molar-refractivity contribution in [3.63, 3.8) is 0 Å². The fraction of sp³-hybridized carbons (Fsp3) is 0.0370. The van der Waals surface area contributed by atoms with E-state index in [0.717, 1.165) is 0 Å². The summed E-state index contributed by atoms with van der Waals surface area (Å²) in [4.78, 5) is 2.65. The topological polar surface area (TPSA) is 57.2 Å². The molecule has 4 aromatic carbocycles. The third kappa shape index (κ3) is 7.58. The van der Waals surface area contributed by atoms with Gasteiger partial charge in [0, 0.05) is 5.57 Å². The van der Waals surface area contributed by atoms with Crippen LogP contribution in [0.5, 0.6) is 0 Å². The number of halogens is 3. The van der Waals surface area contributed by atoms with Gasteiger partial charge in [0.05, 0.1) is 10.9 Å². The second kappa shape index (κ2) is 11.9. The molecule has 0 aliphatic carbocycles. The van der Waals surface area contributed by atoms with Gasteiger partial charge >= 0.3 is 5.51 Å². The van der Waals surface area contributed by atoms with Crippen molar-refractivity contribution in [1.82, 2.24) is 0 Å². The maximum Gasteiger partial charge on any atom is 0.485 e. The highest BCUT2D eigenvalue weighted by Crippen LogP contribution is 2.31. The Hall–Kier alpha value is -3.33. The van der Waals surface area contributed by atoms with Crippen LogP contribution >= 0.6 is 0 Å². The Labute approximate surface area is 205 Å². The molecule has 0 fully saturated rings. The quantitative estimate of drug-likeness (QED) is 0.166. The molecule has 0 saturated heterocycles. The van der Waals surface area contributed by atoms with Gasteiger partial charge in [-0.2, -0.15) is 13.2 Å². The van der Waals surface area contributed by atoms with Crippen molar-refractivity contribution in [2.75, 3.05) is 0 Å². The van der Waals surface area contributed by atoms with Crippen molar-refractivity contribution in [2.45, 2.75) is 15.3 Å². The molecule has 0 saturated carbocycles. The maximum absolute atomic E-state index is 10.7. The number of benzene rings is 4. The van der Waals surface area contributed by atoms with E-state index in [1.54, 1.807) is 0 Å². The molecule has 0 spiro atoms. The molecule has 0 aliphatic heterocycles. The van der Waals surface area contributed by atoms with E-state index in [1.165, 1.54) is 26.5 Å². The summed E-state index contributed by atoms with van der Waals surface area (Å²) in [5, 5.41) is 2.43. The third-order valence-corrected chi connectivity index (χ3v) is 7.28. The zero-order valence-electron chi connectivity index (χ0n) is 18.3. The number of alkyl halides is 3. The summed E-state index contributed by atoms with van der Waals surface area (Å²) in [7, 11) is -6.23. The molecule has 0 bridgehead atoms. The van der Waals surface area contributed by atoms with E-state index in [0.29, 0.717) is 0 Å². The Morgan fingerprint density at radius 2 is 0.914 bits per heavy atom. The van der Waals surface area contributed by atoms with Crippen molar-refractivity contribution in [3.05, 3.63) is 138 Å². The second-order valence-electron chi connectivity index (χ2n) is 7.13. The predicted molar refractivity (Wildman–Crippen MR) is 132 cm³/mol. The Morgan fingerprint density at radius 1 is 0.629 bits per heavy atom. The molecule has 0 amide bonds. The van der Waals surface area contributed by atoms with Gasteiger partial charge in [-0.3, -0.25) is 0 Å². The smallest absolute Gasteiger partial charge is 0.485 e. The van der Waals surface area contributed by atoms with Gasteiger partial charge in [0.25, 0.3) is 0 Å². The zero-order chi connectivity index (χ0) is 25.3. The molecule has 4 aromatic rings. The normalized spacial score (nSPS) is 11.3. The Balaban J connectivity index is 0.000000371. The summed E-state index contributed by atoms with van der Waals surface area (Å²) < 4.78 is 58.9. The molecule has 4 rings (SSSR count). The summed E-state index contributed by atoms with van der Waals surface area (Å²) in [6.07, 6.45) is 0. The number of hydrogen-bond donors (Lipinski definition) is 0. The third-order valence-electron chi connectivity index (χ3n) is 4.68. The van der Waals surface area contributed by atoms with Crippen LogP contribution in [0.4, 0.5) is 13.2 Å². The molecule has 8 heteroatoms. The summed E-state index contributed by atoms with van der Waals surface area (Å²) >= 11 is 0. The van der Waals surface area contributed by atoms with Gasteiger partial charge in [0.1, 0.15) is 5.41 Å². The first-order valence-corrected chi connectivity index (χ1v) is 13.0. The van der Waals surface area contributed by atoms with Crippen molar-refractivity contribution in [3.8, 4) is 0 Å². The van der Waals surface area contributed by atoms with E-state index < -0.39 is 15.6 Å². The zero-order valence-corrected chi connectivity index (χ0v) is 19.9. The largest absolute Gasteiger partial charge is 0.741 e. The molecule has 0 unspecified atom stereocenters. The number of hydrogen-bond acceptors (Lipinski definition) is 3. The van der Waals surface area contributed by atoms with E-state index in [-0.39, 0.29) is 10.9 Å². The van der Waals surface area contributed by atoms with Crippen LogP contribution in [0.2, 0.25) is 0 Å². The van der Waals surface area contributed by atoms with E-state index >= 15 is 0 Å². The summed E-state index contributed by atoms with van der Waals surface area (Å²) in [6, 6.07) is 42.9. The van der Waals surface area contributed by atoms with Gasteiger partial charge in [-0.15, -0.1) is 0 Å². The number of rotatable bonds is 5. The highest BCUT2D eigenvalue weighted by Gasteiger charge is 2.36. The Morgan fingerprint density at radius 3 is 1.20 bits per heavy atom. The molecule has 0 atom stereocenters. The summed E-state index contributed by atoms with van der Waals surface area (Å²) in [5.41, 5.74) is -1.89. The highest BCUT2D eigenvalue weighted by molar-refractivity contribution is 8.00. The van der Waals surface area contributed by atoms with Gasteiger partial charge in [-0.1, -0.05) is 97.1 Å². The van der Waals surface area contributed by atoms with Gasteiger partial charge < -0.3 is 4.55 Å². The molecule has 0 aromatic heterocycles. The average Bonchev–Trinajstić information content (AvgIpc) is 2.86. The fourth-order valence-corrected chi connectivity index (χ4v) is 5.02. The molecular weight excluding hydrogens is 493 g/mol. The van der Waals surface area contributed by atoms with Crippen LogP contribution in [-0.2, 0) is 21.0 Å². The monoisotopic (exact) mass is 514 g/mol. The van der Waals surface area contributed by atoms with E-state index in [1.807, 2.05) is 0 Å². The van der Waals surface area contributed by atoms with Gasteiger partial charge in [-0.25, -0.2) is 8.42 Å². The van der Waals surface area contributed by atoms with Crippen molar-refractivity contribution < 1.29 is 26.1 Å². The lowest BCUT2D eigenvalue weighted by molar-refractivity contribution is -0.0517.